The number of anilines is 1. The summed E-state index contributed by atoms with van der Waals surface area (Å²) in [4.78, 5) is 12.0. The van der Waals surface area contributed by atoms with Crippen molar-refractivity contribution in [1.82, 2.24) is 5.32 Å². The molecule has 1 aromatic rings. The van der Waals surface area contributed by atoms with Crippen LogP contribution in [0.4, 0.5) is 5.69 Å². The number of hydrogen-bond donors (Lipinski definition) is 1. The van der Waals surface area contributed by atoms with E-state index in [1.807, 2.05) is 27.7 Å². The predicted octanol–water partition coefficient (Wildman–Crippen LogP) is 2.79. The summed E-state index contributed by atoms with van der Waals surface area (Å²) in [7, 11) is -3.47. The largest absolute Gasteiger partial charge is 0.492 e. The second-order valence-corrected chi connectivity index (χ2v) is 8.35. The summed E-state index contributed by atoms with van der Waals surface area (Å²) in [5.41, 5.74) is 0.503. The Labute approximate surface area is 151 Å². The van der Waals surface area contributed by atoms with Crippen molar-refractivity contribution in [2.75, 3.05) is 23.7 Å². The van der Waals surface area contributed by atoms with Crippen molar-refractivity contribution >= 4 is 21.6 Å². The van der Waals surface area contributed by atoms with Gasteiger partial charge in [0.15, 0.2) is 0 Å². The van der Waals surface area contributed by atoms with Crippen molar-refractivity contribution in [3.05, 3.63) is 24.3 Å². The van der Waals surface area contributed by atoms with Crippen molar-refractivity contribution in [1.29, 1.82) is 0 Å². The molecule has 1 atom stereocenters. The molecule has 7 heteroatoms. The number of hydrogen-bond acceptors (Lipinski definition) is 4. The van der Waals surface area contributed by atoms with Crippen molar-refractivity contribution in [3.8, 4) is 5.75 Å². The van der Waals surface area contributed by atoms with Gasteiger partial charge in [-0.3, -0.25) is 9.10 Å². The highest BCUT2D eigenvalue weighted by Gasteiger charge is 2.21. The molecular formula is C18H30N2O4S. The summed E-state index contributed by atoms with van der Waals surface area (Å²) in [6.07, 6.45) is 1.88. The number of ether oxygens (including phenoxy) is 1. The number of sulfonamides is 1. The fraction of sp³-hybridized carbons (Fsp3) is 0.611. The number of nitrogens with zero attached hydrogens (tertiary/aromatic N) is 1. The third kappa shape index (κ3) is 6.94. The van der Waals surface area contributed by atoms with E-state index < -0.39 is 10.0 Å². The number of benzene rings is 1. The van der Waals surface area contributed by atoms with E-state index in [1.54, 1.807) is 24.3 Å². The second kappa shape index (κ2) is 9.65. The quantitative estimate of drug-likeness (QED) is 0.687. The molecule has 25 heavy (non-hydrogen) atoms. The molecule has 0 radical (unpaired) electrons. The van der Waals surface area contributed by atoms with E-state index in [9.17, 15) is 13.2 Å². The van der Waals surface area contributed by atoms with Crippen LogP contribution in [0.1, 0.15) is 40.5 Å². The van der Waals surface area contributed by atoms with Gasteiger partial charge in [-0.15, -0.1) is 0 Å². The van der Waals surface area contributed by atoms with E-state index in [0.29, 0.717) is 30.4 Å². The Balaban J connectivity index is 2.78. The highest BCUT2D eigenvalue weighted by molar-refractivity contribution is 7.92. The van der Waals surface area contributed by atoms with Crippen LogP contribution in [0, 0.1) is 5.92 Å². The maximum Gasteiger partial charge on any atom is 0.232 e. The number of para-hydroxylation sites is 2. The Morgan fingerprint density at radius 2 is 1.88 bits per heavy atom. The van der Waals surface area contributed by atoms with Crippen LogP contribution in [0.5, 0.6) is 5.75 Å². The van der Waals surface area contributed by atoms with Gasteiger partial charge in [0, 0.05) is 19.0 Å². The Bertz CT molecular complexity index is 659. The van der Waals surface area contributed by atoms with E-state index in [1.165, 1.54) is 4.31 Å². The molecule has 0 aliphatic heterocycles. The maximum absolute atomic E-state index is 12.2. The van der Waals surface area contributed by atoms with Gasteiger partial charge >= 0.3 is 0 Å². The number of carbonyl (C=O) groups is 1. The zero-order valence-electron chi connectivity index (χ0n) is 15.8. The second-order valence-electron chi connectivity index (χ2n) is 6.44. The molecule has 0 fully saturated rings. The first-order valence-corrected chi connectivity index (χ1v) is 10.5. The maximum atomic E-state index is 12.2. The molecule has 0 saturated carbocycles. The van der Waals surface area contributed by atoms with E-state index in [2.05, 4.69) is 5.32 Å². The Hall–Kier alpha value is -1.76. The van der Waals surface area contributed by atoms with Gasteiger partial charge in [-0.2, -0.15) is 0 Å². The lowest BCUT2D eigenvalue weighted by Gasteiger charge is -2.24. The van der Waals surface area contributed by atoms with Gasteiger partial charge in [0.1, 0.15) is 5.75 Å². The molecule has 0 aliphatic carbocycles. The first kappa shape index (κ1) is 21.3. The number of rotatable bonds is 10. The summed E-state index contributed by atoms with van der Waals surface area (Å²) in [6.45, 7) is 8.57. The smallest absolute Gasteiger partial charge is 0.232 e. The number of nitrogens with one attached hydrogen (secondary N) is 1. The minimum Gasteiger partial charge on any atom is -0.492 e. The third-order valence-electron chi connectivity index (χ3n) is 3.99. The molecule has 0 unspecified atom stereocenters. The first-order valence-electron chi connectivity index (χ1n) is 8.65. The minimum atomic E-state index is -3.47. The van der Waals surface area contributed by atoms with Crippen molar-refractivity contribution < 1.29 is 17.9 Å². The van der Waals surface area contributed by atoms with Crippen LogP contribution in [-0.2, 0) is 14.8 Å². The monoisotopic (exact) mass is 370 g/mol. The van der Waals surface area contributed by atoms with Crippen LogP contribution in [0.2, 0.25) is 0 Å². The van der Waals surface area contributed by atoms with Gasteiger partial charge in [-0.05, 0) is 38.3 Å². The van der Waals surface area contributed by atoms with Crippen LogP contribution in [0.25, 0.3) is 0 Å². The minimum absolute atomic E-state index is 0.0623. The van der Waals surface area contributed by atoms with E-state index in [4.69, 9.17) is 4.74 Å². The van der Waals surface area contributed by atoms with Crippen molar-refractivity contribution in [2.45, 2.75) is 46.6 Å². The lowest BCUT2D eigenvalue weighted by atomic mass is 10.1. The number of carbonyl (C=O) groups excluding carboxylic acids is 1. The van der Waals surface area contributed by atoms with Crippen LogP contribution in [0.15, 0.2) is 24.3 Å². The average Bonchev–Trinajstić information content (AvgIpc) is 2.51. The molecule has 0 heterocycles. The molecule has 0 aromatic heterocycles. The van der Waals surface area contributed by atoms with Crippen LogP contribution >= 0.6 is 0 Å². The highest BCUT2D eigenvalue weighted by atomic mass is 32.2. The molecule has 1 aromatic carbocycles. The fourth-order valence-corrected chi connectivity index (χ4v) is 3.25. The SMILES string of the molecule is CCOc1ccccc1N(CCCC(=O)N[C@H](C)C(C)C)S(C)(=O)=O. The molecule has 0 aliphatic rings. The molecule has 0 spiro atoms. The topological polar surface area (TPSA) is 75.7 Å². The average molecular weight is 371 g/mol. The molecule has 142 valence electrons. The van der Waals surface area contributed by atoms with Gasteiger partial charge in [0.25, 0.3) is 0 Å². The molecule has 6 nitrogen and oxygen atoms in total. The van der Waals surface area contributed by atoms with E-state index in [0.717, 1.165) is 6.26 Å². The van der Waals surface area contributed by atoms with Gasteiger partial charge in [-0.1, -0.05) is 26.0 Å². The molecule has 1 amide bonds. The molecular weight excluding hydrogens is 340 g/mol. The van der Waals surface area contributed by atoms with Gasteiger partial charge < -0.3 is 10.1 Å². The van der Waals surface area contributed by atoms with Crippen LogP contribution < -0.4 is 14.4 Å². The van der Waals surface area contributed by atoms with Gasteiger partial charge in [-0.25, -0.2) is 8.42 Å². The van der Waals surface area contributed by atoms with Gasteiger partial charge in [0.05, 0.1) is 18.6 Å². The Morgan fingerprint density at radius 3 is 2.44 bits per heavy atom. The predicted molar refractivity (Wildman–Crippen MR) is 101 cm³/mol. The summed E-state index contributed by atoms with van der Waals surface area (Å²) >= 11 is 0. The van der Waals surface area contributed by atoms with Crippen molar-refractivity contribution in [3.63, 3.8) is 0 Å². The molecule has 1 rings (SSSR count). The van der Waals surface area contributed by atoms with Crippen LogP contribution in [0.3, 0.4) is 0 Å². The Kier molecular flexibility index (Phi) is 8.22. The van der Waals surface area contributed by atoms with Crippen LogP contribution in [-0.4, -0.2) is 39.8 Å². The summed E-state index contributed by atoms with van der Waals surface area (Å²) in [6, 6.07) is 7.13. The zero-order valence-corrected chi connectivity index (χ0v) is 16.6. The Morgan fingerprint density at radius 1 is 1.24 bits per heavy atom. The molecule has 0 saturated heterocycles. The van der Waals surface area contributed by atoms with E-state index in [-0.39, 0.29) is 24.9 Å². The molecule has 1 N–H and O–H groups in total. The third-order valence-corrected chi connectivity index (χ3v) is 5.17. The summed E-state index contributed by atoms with van der Waals surface area (Å²) in [5, 5.41) is 2.93. The highest BCUT2D eigenvalue weighted by Crippen LogP contribution is 2.30. The lowest BCUT2D eigenvalue weighted by molar-refractivity contribution is -0.122. The lowest BCUT2D eigenvalue weighted by Crippen LogP contribution is -2.37. The first-order chi connectivity index (χ1) is 11.7. The normalized spacial score (nSPS) is 12.7. The van der Waals surface area contributed by atoms with Crippen molar-refractivity contribution in [2.24, 2.45) is 5.92 Å². The summed E-state index contributed by atoms with van der Waals surface area (Å²) < 4.78 is 31.2. The zero-order chi connectivity index (χ0) is 19.0. The van der Waals surface area contributed by atoms with Gasteiger partial charge in [0.2, 0.25) is 15.9 Å². The van der Waals surface area contributed by atoms with E-state index >= 15 is 0 Å². The fourth-order valence-electron chi connectivity index (χ4n) is 2.28. The summed E-state index contributed by atoms with van der Waals surface area (Å²) in [5.74, 6) is 0.815. The standard InChI is InChI=1S/C18H30N2O4S/c1-6-24-17-11-8-7-10-16(17)20(25(5,22)23)13-9-12-18(21)19-15(4)14(2)3/h7-8,10-11,14-15H,6,9,12-13H2,1-5H3,(H,19,21)/t15-/m1/s1. The molecule has 0 bridgehead atoms. The number of amides is 1.